The van der Waals surface area contributed by atoms with Gasteiger partial charge >= 0.3 is 0 Å². The van der Waals surface area contributed by atoms with E-state index in [9.17, 15) is 9.18 Å². The number of halogens is 1. The van der Waals surface area contributed by atoms with Gasteiger partial charge in [-0.25, -0.2) is 4.39 Å². The van der Waals surface area contributed by atoms with Crippen molar-refractivity contribution in [2.45, 2.75) is 46.7 Å². The molecule has 21 heavy (non-hydrogen) atoms. The summed E-state index contributed by atoms with van der Waals surface area (Å²) in [6.07, 6.45) is 0. The van der Waals surface area contributed by atoms with Crippen LogP contribution in [0.15, 0.2) is 12.1 Å². The van der Waals surface area contributed by atoms with Gasteiger partial charge in [-0.3, -0.25) is 9.69 Å². The molecule has 0 heterocycles. The lowest BCUT2D eigenvalue weighted by molar-refractivity contribution is 0.0939. The average molecular weight is 295 g/mol. The van der Waals surface area contributed by atoms with Crippen molar-refractivity contribution in [3.63, 3.8) is 0 Å². The van der Waals surface area contributed by atoms with E-state index in [1.807, 2.05) is 0 Å². The molecular weight excluding hydrogens is 269 g/mol. The molecule has 0 saturated heterocycles. The number of nitrogens with zero attached hydrogens (tertiary/aromatic N) is 1. The zero-order valence-electron chi connectivity index (χ0n) is 13.5. The van der Waals surface area contributed by atoms with Crippen molar-refractivity contribution in [3.05, 3.63) is 29.1 Å². The Hall–Kier alpha value is -1.62. The largest absolute Gasteiger partial charge is 0.398 e. The van der Waals surface area contributed by atoms with Crippen LogP contribution >= 0.6 is 0 Å². The summed E-state index contributed by atoms with van der Waals surface area (Å²) in [4.78, 5) is 14.3. The maximum Gasteiger partial charge on any atom is 0.251 e. The molecule has 1 aromatic rings. The van der Waals surface area contributed by atoms with Crippen LogP contribution in [0.2, 0.25) is 0 Å². The van der Waals surface area contributed by atoms with Crippen molar-refractivity contribution in [2.75, 3.05) is 18.8 Å². The molecule has 118 valence electrons. The van der Waals surface area contributed by atoms with Gasteiger partial charge in [-0.05, 0) is 46.8 Å². The first-order chi connectivity index (χ1) is 9.73. The Morgan fingerprint density at radius 3 is 2.33 bits per heavy atom. The third-order valence-corrected chi connectivity index (χ3v) is 3.63. The first kappa shape index (κ1) is 17.4. The van der Waals surface area contributed by atoms with Gasteiger partial charge in [0.15, 0.2) is 0 Å². The zero-order chi connectivity index (χ0) is 16.2. The molecule has 0 atom stereocenters. The standard InChI is InChI=1S/C16H26FN3O/c1-10(2)20(11(3)4)7-6-19-16(21)13-8-14(17)12(5)15(18)9-13/h8-11H,6-7,18H2,1-5H3,(H,19,21). The summed E-state index contributed by atoms with van der Waals surface area (Å²) < 4.78 is 13.6. The summed E-state index contributed by atoms with van der Waals surface area (Å²) in [5, 5.41) is 2.81. The van der Waals surface area contributed by atoms with Gasteiger partial charge in [0, 0.05) is 42.0 Å². The molecule has 0 aliphatic carbocycles. The molecule has 1 aromatic carbocycles. The molecule has 0 spiro atoms. The molecule has 4 nitrogen and oxygen atoms in total. The molecule has 0 fully saturated rings. The van der Waals surface area contributed by atoms with Gasteiger partial charge in [0.25, 0.3) is 5.91 Å². The number of nitrogen functional groups attached to an aromatic ring is 1. The second-order valence-electron chi connectivity index (χ2n) is 5.85. The fourth-order valence-corrected chi connectivity index (χ4v) is 2.34. The first-order valence-corrected chi connectivity index (χ1v) is 7.33. The summed E-state index contributed by atoms with van der Waals surface area (Å²) in [5.74, 6) is -0.751. The Balaban J connectivity index is 2.62. The van der Waals surface area contributed by atoms with Crippen LogP contribution in [0.5, 0.6) is 0 Å². The zero-order valence-corrected chi connectivity index (χ0v) is 13.5. The Labute approximate surface area is 126 Å². The highest BCUT2D eigenvalue weighted by Crippen LogP contribution is 2.17. The van der Waals surface area contributed by atoms with Crippen LogP contribution in [-0.4, -0.2) is 36.0 Å². The van der Waals surface area contributed by atoms with Gasteiger partial charge in [0.05, 0.1) is 0 Å². The second-order valence-corrected chi connectivity index (χ2v) is 5.85. The first-order valence-electron chi connectivity index (χ1n) is 7.33. The molecule has 5 heteroatoms. The van der Waals surface area contributed by atoms with Gasteiger partial charge in [-0.1, -0.05) is 0 Å². The number of amides is 1. The van der Waals surface area contributed by atoms with Gasteiger partial charge < -0.3 is 11.1 Å². The molecule has 1 rings (SSSR count). The highest BCUT2D eigenvalue weighted by atomic mass is 19.1. The number of carbonyl (C=O) groups excluding carboxylic acids is 1. The molecule has 0 bridgehead atoms. The smallest absolute Gasteiger partial charge is 0.251 e. The highest BCUT2D eigenvalue weighted by molar-refractivity contribution is 5.95. The lowest BCUT2D eigenvalue weighted by Crippen LogP contribution is -2.42. The van der Waals surface area contributed by atoms with E-state index in [0.29, 0.717) is 29.9 Å². The van der Waals surface area contributed by atoms with Crippen molar-refractivity contribution in [1.82, 2.24) is 10.2 Å². The van der Waals surface area contributed by atoms with E-state index in [1.54, 1.807) is 6.92 Å². The van der Waals surface area contributed by atoms with Crippen LogP contribution in [0, 0.1) is 12.7 Å². The van der Waals surface area contributed by atoms with Crippen LogP contribution in [-0.2, 0) is 0 Å². The average Bonchev–Trinajstić information content (AvgIpc) is 2.39. The summed E-state index contributed by atoms with van der Waals surface area (Å²) in [6, 6.07) is 3.56. The van der Waals surface area contributed by atoms with Crippen molar-refractivity contribution in [1.29, 1.82) is 0 Å². The Morgan fingerprint density at radius 2 is 1.86 bits per heavy atom. The molecule has 0 aliphatic heterocycles. The van der Waals surface area contributed by atoms with Crippen LogP contribution in [0.3, 0.4) is 0 Å². The van der Waals surface area contributed by atoms with Crippen molar-refractivity contribution in [3.8, 4) is 0 Å². The van der Waals surface area contributed by atoms with E-state index in [-0.39, 0.29) is 11.5 Å². The minimum atomic E-state index is -0.453. The number of anilines is 1. The topological polar surface area (TPSA) is 58.4 Å². The van der Waals surface area contributed by atoms with Crippen LogP contribution in [0.4, 0.5) is 10.1 Å². The minimum Gasteiger partial charge on any atom is -0.398 e. The maximum absolute atomic E-state index is 13.6. The number of hydrogen-bond donors (Lipinski definition) is 2. The molecule has 0 radical (unpaired) electrons. The fraction of sp³-hybridized carbons (Fsp3) is 0.562. The van der Waals surface area contributed by atoms with E-state index in [0.717, 1.165) is 6.54 Å². The second kappa shape index (κ2) is 7.41. The normalized spacial score (nSPS) is 11.5. The lowest BCUT2D eigenvalue weighted by atomic mass is 10.1. The van der Waals surface area contributed by atoms with E-state index < -0.39 is 5.82 Å². The van der Waals surface area contributed by atoms with Crippen LogP contribution < -0.4 is 11.1 Å². The molecule has 0 unspecified atom stereocenters. The van der Waals surface area contributed by atoms with E-state index in [2.05, 4.69) is 37.9 Å². The Morgan fingerprint density at radius 1 is 1.29 bits per heavy atom. The Bertz CT molecular complexity index is 469. The number of hydrogen-bond acceptors (Lipinski definition) is 3. The van der Waals surface area contributed by atoms with Crippen molar-refractivity contribution in [2.24, 2.45) is 0 Å². The van der Waals surface area contributed by atoms with E-state index in [1.165, 1.54) is 12.1 Å². The predicted octanol–water partition coefficient (Wildman–Crippen LogP) is 2.56. The number of nitrogens with one attached hydrogen (secondary N) is 1. The third-order valence-electron chi connectivity index (χ3n) is 3.63. The summed E-state index contributed by atoms with van der Waals surface area (Å²) >= 11 is 0. The summed E-state index contributed by atoms with van der Waals surface area (Å²) in [7, 11) is 0. The highest BCUT2D eigenvalue weighted by Gasteiger charge is 2.14. The van der Waals surface area contributed by atoms with Gasteiger partial charge in [0.1, 0.15) is 5.82 Å². The molecule has 0 aliphatic rings. The number of rotatable bonds is 6. The monoisotopic (exact) mass is 295 g/mol. The van der Waals surface area contributed by atoms with Crippen molar-refractivity contribution >= 4 is 11.6 Å². The Kier molecular flexibility index (Phi) is 6.15. The van der Waals surface area contributed by atoms with Gasteiger partial charge in [-0.15, -0.1) is 0 Å². The van der Waals surface area contributed by atoms with Gasteiger partial charge in [-0.2, -0.15) is 0 Å². The summed E-state index contributed by atoms with van der Waals surface area (Å²) in [6.45, 7) is 11.4. The molecular formula is C16H26FN3O. The number of nitrogens with two attached hydrogens (primary N) is 1. The van der Waals surface area contributed by atoms with Crippen LogP contribution in [0.25, 0.3) is 0 Å². The quantitative estimate of drug-likeness (QED) is 0.793. The number of benzene rings is 1. The fourth-order valence-electron chi connectivity index (χ4n) is 2.34. The predicted molar refractivity (Wildman–Crippen MR) is 84.9 cm³/mol. The van der Waals surface area contributed by atoms with Crippen molar-refractivity contribution < 1.29 is 9.18 Å². The minimum absolute atomic E-state index is 0.260. The SMILES string of the molecule is Cc1c(N)cc(C(=O)NCCN(C(C)C)C(C)C)cc1F. The molecule has 1 amide bonds. The molecule has 3 N–H and O–H groups in total. The number of carbonyl (C=O) groups is 1. The van der Waals surface area contributed by atoms with E-state index >= 15 is 0 Å². The van der Waals surface area contributed by atoms with Crippen LogP contribution in [0.1, 0.15) is 43.6 Å². The summed E-state index contributed by atoms with van der Waals surface area (Å²) in [5.41, 5.74) is 6.62. The molecule has 0 saturated carbocycles. The maximum atomic E-state index is 13.6. The third kappa shape index (κ3) is 4.70. The van der Waals surface area contributed by atoms with E-state index in [4.69, 9.17) is 5.73 Å². The lowest BCUT2D eigenvalue weighted by Gasteiger charge is -2.30. The van der Waals surface area contributed by atoms with Gasteiger partial charge in [0.2, 0.25) is 0 Å². The molecule has 0 aromatic heterocycles.